The number of benzene rings is 2. The predicted octanol–water partition coefficient (Wildman–Crippen LogP) is 2.68. The van der Waals surface area contributed by atoms with Crippen molar-refractivity contribution in [3.8, 4) is 0 Å². The van der Waals surface area contributed by atoms with Gasteiger partial charge in [0.25, 0.3) is 5.91 Å². The summed E-state index contributed by atoms with van der Waals surface area (Å²) >= 11 is 0. The smallest absolute Gasteiger partial charge is 0.272 e. The van der Waals surface area contributed by atoms with Crippen molar-refractivity contribution in [3.05, 3.63) is 65.2 Å². The summed E-state index contributed by atoms with van der Waals surface area (Å²) in [6.45, 7) is -0.554. The Hall–Kier alpha value is -3.06. The van der Waals surface area contributed by atoms with Gasteiger partial charge in [-0.3, -0.25) is 9.59 Å². The van der Waals surface area contributed by atoms with Crippen LogP contribution < -0.4 is 16.0 Å². The first-order valence-electron chi connectivity index (χ1n) is 10.1. The van der Waals surface area contributed by atoms with Crippen molar-refractivity contribution in [1.82, 2.24) is 5.32 Å². The average molecular weight is 408 g/mol. The third kappa shape index (κ3) is 3.61. The molecule has 6 nitrogen and oxygen atoms in total. The van der Waals surface area contributed by atoms with Crippen LogP contribution in [0.1, 0.15) is 42.4 Å². The number of fused-ring (bicyclic) bond motifs is 1. The minimum absolute atomic E-state index is 0.340. The quantitative estimate of drug-likeness (QED) is 0.815. The summed E-state index contributed by atoms with van der Waals surface area (Å²) in [5.74, 6) is -0.693. The van der Waals surface area contributed by atoms with Gasteiger partial charge < -0.3 is 16.0 Å². The molecular formula is C23H25FN4O2. The number of carbonyl (C=O) groups is 2. The summed E-state index contributed by atoms with van der Waals surface area (Å²) in [7, 11) is 1.67. The number of para-hydroxylation sites is 1. The molecule has 0 saturated heterocycles. The van der Waals surface area contributed by atoms with Gasteiger partial charge in [-0.2, -0.15) is 0 Å². The van der Waals surface area contributed by atoms with Crippen LogP contribution in [0.15, 0.2) is 53.5 Å². The molecule has 1 aliphatic carbocycles. The molecule has 0 spiro atoms. The Morgan fingerprint density at radius 1 is 1.20 bits per heavy atom. The minimum atomic E-state index is -1.09. The molecule has 1 fully saturated rings. The molecule has 4 rings (SSSR count). The van der Waals surface area contributed by atoms with Gasteiger partial charge in [-0.25, -0.2) is 9.38 Å². The second-order valence-electron chi connectivity index (χ2n) is 7.96. The third-order valence-corrected chi connectivity index (χ3v) is 5.94. The molecule has 0 bridgehead atoms. The Morgan fingerprint density at radius 2 is 1.87 bits per heavy atom. The van der Waals surface area contributed by atoms with Gasteiger partial charge in [0.05, 0.1) is 16.9 Å². The number of benzodiazepines with no additional fused rings is 1. The van der Waals surface area contributed by atoms with Crippen LogP contribution in [0.5, 0.6) is 0 Å². The molecule has 2 aromatic rings. The number of carbonyl (C=O) groups excluding carboxylic acids is 2. The summed E-state index contributed by atoms with van der Waals surface area (Å²) in [6.07, 6.45) is 1.88. The lowest BCUT2D eigenvalue weighted by molar-refractivity contribution is -0.130. The van der Waals surface area contributed by atoms with Gasteiger partial charge in [-0.1, -0.05) is 55.3 Å². The van der Waals surface area contributed by atoms with E-state index in [1.165, 1.54) is 4.90 Å². The van der Waals surface area contributed by atoms with E-state index in [2.05, 4.69) is 10.3 Å². The Labute approximate surface area is 175 Å². The number of nitrogens with two attached hydrogens (primary N) is 1. The second kappa shape index (κ2) is 7.99. The van der Waals surface area contributed by atoms with Crippen molar-refractivity contribution in [1.29, 1.82) is 0 Å². The number of rotatable bonds is 4. The molecule has 1 heterocycles. The van der Waals surface area contributed by atoms with Crippen LogP contribution in [0.25, 0.3) is 0 Å². The van der Waals surface area contributed by atoms with E-state index in [9.17, 15) is 14.0 Å². The monoisotopic (exact) mass is 408 g/mol. The Morgan fingerprint density at radius 3 is 2.53 bits per heavy atom. The SMILES string of the molecule is CN1C(=O)C(NC(=O)C2(N)CCCC2)N=C(c2ccc(CF)cc2)c2ccccc21. The summed E-state index contributed by atoms with van der Waals surface area (Å²) in [6, 6.07) is 14.4. The fraction of sp³-hybridized carbons (Fsp3) is 0.348. The first-order chi connectivity index (χ1) is 14.4. The van der Waals surface area contributed by atoms with Crippen LogP contribution in [-0.4, -0.2) is 36.3 Å². The van der Waals surface area contributed by atoms with Gasteiger partial charge in [-0.05, 0) is 24.5 Å². The van der Waals surface area contributed by atoms with Gasteiger partial charge in [0.1, 0.15) is 6.67 Å². The molecule has 30 heavy (non-hydrogen) atoms. The van der Waals surface area contributed by atoms with Gasteiger partial charge in [-0.15, -0.1) is 0 Å². The van der Waals surface area contributed by atoms with E-state index in [4.69, 9.17) is 5.73 Å². The number of hydrogen-bond donors (Lipinski definition) is 2. The topological polar surface area (TPSA) is 87.8 Å². The molecular weight excluding hydrogens is 383 g/mol. The standard InChI is InChI=1S/C23H25FN4O2/c1-28-18-7-3-2-6-17(18)19(16-10-8-15(14-24)9-11-16)26-20(21(28)29)27-22(30)23(25)12-4-5-13-23/h2-3,6-11,20H,4-5,12-14,25H2,1H3,(H,27,30). The molecule has 2 aromatic carbocycles. The van der Waals surface area contributed by atoms with E-state index in [0.717, 1.165) is 24.0 Å². The number of nitrogens with one attached hydrogen (secondary N) is 1. The maximum absolute atomic E-state index is 13.2. The lowest BCUT2D eigenvalue weighted by Crippen LogP contribution is -2.57. The highest BCUT2D eigenvalue weighted by molar-refractivity contribution is 6.20. The first-order valence-corrected chi connectivity index (χ1v) is 10.1. The van der Waals surface area contributed by atoms with Crippen LogP contribution >= 0.6 is 0 Å². The molecule has 1 aliphatic heterocycles. The van der Waals surface area contributed by atoms with Crippen molar-refractivity contribution in [2.24, 2.45) is 10.7 Å². The molecule has 156 valence electrons. The van der Waals surface area contributed by atoms with Crippen LogP contribution in [0, 0.1) is 0 Å². The largest absolute Gasteiger partial charge is 0.325 e. The van der Waals surface area contributed by atoms with E-state index in [-0.39, 0.29) is 11.8 Å². The number of amides is 2. The highest BCUT2D eigenvalue weighted by Crippen LogP contribution is 2.29. The van der Waals surface area contributed by atoms with Crippen LogP contribution in [-0.2, 0) is 16.3 Å². The van der Waals surface area contributed by atoms with Gasteiger partial charge in [0.2, 0.25) is 12.1 Å². The van der Waals surface area contributed by atoms with E-state index in [0.29, 0.717) is 29.8 Å². The lowest BCUT2D eigenvalue weighted by Gasteiger charge is -2.26. The summed E-state index contributed by atoms with van der Waals surface area (Å²) in [4.78, 5) is 32.2. The number of alkyl halides is 1. The van der Waals surface area contributed by atoms with Crippen molar-refractivity contribution in [2.75, 3.05) is 11.9 Å². The lowest BCUT2D eigenvalue weighted by atomic mass is 9.98. The molecule has 7 heteroatoms. The summed E-state index contributed by atoms with van der Waals surface area (Å²) < 4.78 is 13.0. The zero-order chi connectivity index (χ0) is 21.3. The molecule has 3 N–H and O–H groups in total. The fourth-order valence-corrected chi connectivity index (χ4v) is 4.10. The van der Waals surface area contributed by atoms with Crippen molar-refractivity contribution in [3.63, 3.8) is 0 Å². The number of anilines is 1. The van der Waals surface area contributed by atoms with Gasteiger partial charge in [0.15, 0.2) is 0 Å². The van der Waals surface area contributed by atoms with E-state index < -0.39 is 18.4 Å². The number of likely N-dealkylation sites (N-methyl/N-ethyl adjacent to an activating group) is 1. The second-order valence-corrected chi connectivity index (χ2v) is 7.96. The number of aliphatic imine (C=N–C) groups is 1. The maximum Gasteiger partial charge on any atom is 0.272 e. The summed E-state index contributed by atoms with van der Waals surface area (Å²) in [5.41, 5.74) is 8.64. The van der Waals surface area contributed by atoms with Crippen molar-refractivity contribution < 1.29 is 14.0 Å². The molecule has 0 aromatic heterocycles. The average Bonchev–Trinajstić information content (AvgIpc) is 3.20. The fourth-order valence-electron chi connectivity index (χ4n) is 4.10. The highest BCUT2D eigenvalue weighted by Gasteiger charge is 2.40. The normalized spacial score (nSPS) is 20.4. The van der Waals surface area contributed by atoms with Gasteiger partial charge >= 0.3 is 0 Å². The number of nitrogens with zero attached hydrogens (tertiary/aromatic N) is 2. The highest BCUT2D eigenvalue weighted by atomic mass is 19.1. The summed E-state index contributed by atoms with van der Waals surface area (Å²) in [5, 5.41) is 2.78. The van der Waals surface area contributed by atoms with Gasteiger partial charge in [0, 0.05) is 18.2 Å². The third-order valence-electron chi connectivity index (χ3n) is 5.94. The number of hydrogen-bond acceptors (Lipinski definition) is 4. The van der Waals surface area contributed by atoms with Crippen LogP contribution in [0.3, 0.4) is 0 Å². The Balaban J connectivity index is 1.76. The first kappa shape index (κ1) is 20.2. The molecule has 1 atom stereocenters. The molecule has 0 radical (unpaired) electrons. The predicted molar refractivity (Wildman–Crippen MR) is 114 cm³/mol. The molecule has 2 aliphatic rings. The Kier molecular flexibility index (Phi) is 5.39. The van der Waals surface area contributed by atoms with Crippen LogP contribution in [0.2, 0.25) is 0 Å². The Bertz CT molecular complexity index is 997. The number of halogens is 1. The van der Waals surface area contributed by atoms with E-state index in [1.807, 2.05) is 24.3 Å². The molecule has 2 amide bonds. The zero-order valence-corrected chi connectivity index (χ0v) is 16.9. The van der Waals surface area contributed by atoms with E-state index in [1.54, 1.807) is 31.3 Å². The molecule has 1 saturated carbocycles. The van der Waals surface area contributed by atoms with Crippen LogP contribution in [0.4, 0.5) is 10.1 Å². The zero-order valence-electron chi connectivity index (χ0n) is 16.9. The maximum atomic E-state index is 13.2. The molecule has 1 unspecified atom stereocenters. The minimum Gasteiger partial charge on any atom is -0.325 e. The van der Waals surface area contributed by atoms with E-state index >= 15 is 0 Å². The van der Waals surface area contributed by atoms with Crippen molar-refractivity contribution >= 4 is 23.2 Å². The van der Waals surface area contributed by atoms with Crippen molar-refractivity contribution in [2.45, 2.75) is 44.1 Å².